The highest BCUT2D eigenvalue weighted by Crippen LogP contribution is 2.27. The topological polar surface area (TPSA) is 107 Å². The standard InChI is InChI=1S/C28H26N4O3/c29-25(21-9-6-16-30-18-21)17-26(24-10-4-5-11-27(24)33)32-28(34)31-22-12-14-23(15-13-22)35-19-20-7-2-1-3-8-20/h1-16,18,26,29,33H,17,19H2,(H2,31,32,34). The van der Waals surface area contributed by atoms with E-state index in [1.165, 1.54) is 0 Å². The van der Waals surface area contributed by atoms with Crippen molar-refractivity contribution in [2.24, 2.45) is 0 Å². The molecule has 176 valence electrons. The lowest BCUT2D eigenvalue weighted by molar-refractivity contribution is 0.248. The van der Waals surface area contributed by atoms with Crippen molar-refractivity contribution in [2.45, 2.75) is 19.1 Å². The summed E-state index contributed by atoms with van der Waals surface area (Å²) in [6.45, 7) is 0.458. The third kappa shape index (κ3) is 6.68. The number of amides is 2. The van der Waals surface area contributed by atoms with E-state index in [9.17, 15) is 9.90 Å². The van der Waals surface area contributed by atoms with Gasteiger partial charge in [0.15, 0.2) is 0 Å². The van der Waals surface area contributed by atoms with E-state index in [2.05, 4.69) is 15.6 Å². The van der Waals surface area contributed by atoms with Crippen LogP contribution in [0.5, 0.6) is 11.5 Å². The highest BCUT2D eigenvalue weighted by Gasteiger charge is 2.20. The summed E-state index contributed by atoms with van der Waals surface area (Å²) in [6, 6.07) is 26.2. The quantitative estimate of drug-likeness (QED) is 0.238. The molecule has 0 aliphatic carbocycles. The zero-order chi connectivity index (χ0) is 24.5. The summed E-state index contributed by atoms with van der Waals surface area (Å²) < 4.78 is 5.79. The molecule has 35 heavy (non-hydrogen) atoms. The van der Waals surface area contributed by atoms with Crippen LogP contribution >= 0.6 is 0 Å². The fourth-order valence-electron chi connectivity index (χ4n) is 3.58. The zero-order valence-corrected chi connectivity index (χ0v) is 19.0. The third-order valence-electron chi connectivity index (χ3n) is 5.40. The van der Waals surface area contributed by atoms with E-state index in [0.29, 0.717) is 34.9 Å². The second-order valence-corrected chi connectivity index (χ2v) is 7.93. The van der Waals surface area contributed by atoms with Gasteiger partial charge in [-0.2, -0.15) is 0 Å². The van der Waals surface area contributed by atoms with Crippen LogP contribution in [0.25, 0.3) is 0 Å². The molecule has 7 nitrogen and oxygen atoms in total. The monoisotopic (exact) mass is 466 g/mol. The van der Waals surface area contributed by atoms with Crippen molar-refractivity contribution >= 4 is 17.4 Å². The molecular formula is C28H26N4O3. The average molecular weight is 467 g/mol. The van der Waals surface area contributed by atoms with E-state index < -0.39 is 12.1 Å². The van der Waals surface area contributed by atoms with Crippen LogP contribution in [-0.4, -0.2) is 21.8 Å². The molecule has 0 aliphatic rings. The molecule has 0 saturated carbocycles. The Morgan fingerprint density at radius 1 is 0.943 bits per heavy atom. The summed E-state index contributed by atoms with van der Waals surface area (Å²) in [7, 11) is 0. The van der Waals surface area contributed by atoms with E-state index in [1.54, 1.807) is 73.1 Å². The number of aromatic nitrogens is 1. The Balaban J connectivity index is 1.40. The number of phenols is 1. The number of aromatic hydroxyl groups is 1. The molecule has 1 aromatic heterocycles. The van der Waals surface area contributed by atoms with Crippen LogP contribution in [0.4, 0.5) is 10.5 Å². The lowest BCUT2D eigenvalue weighted by Crippen LogP contribution is -2.34. The number of rotatable bonds is 9. The molecule has 2 amide bonds. The van der Waals surface area contributed by atoms with E-state index in [0.717, 1.165) is 5.56 Å². The molecule has 0 fully saturated rings. The number of hydrogen-bond acceptors (Lipinski definition) is 5. The number of pyridine rings is 1. The van der Waals surface area contributed by atoms with Gasteiger partial charge in [0.05, 0.1) is 6.04 Å². The Morgan fingerprint density at radius 3 is 2.40 bits per heavy atom. The molecule has 1 heterocycles. The van der Waals surface area contributed by atoms with Crippen LogP contribution in [0.2, 0.25) is 0 Å². The van der Waals surface area contributed by atoms with Crippen LogP contribution < -0.4 is 15.4 Å². The van der Waals surface area contributed by atoms with Gasteiger partial charge in [0.25, 0.3) is 0 Å². The molecule has 1 atom stereocenters. The van der Waals surface area contributed by atoms with Crippen molar-refractivity contribution in [3.63, 3.8) is 0 Å². The van der Waals surface area contributed by atoms with Crippen LogP contribution in [0.15, 0.2) is 103 Å². The van der Waals surface area contributed by atoms with Gasteiger partial charge in [-0.1, -0.05) is 54.6 Å². The number of para-hydroxylation sites is 1. The van der Waals surface area contributed by atoms with Gasteiger partial charge < -0.3 is 25.9 Å². The Kier molecular flexibility index (Phi) is 7.70. The third-order valence-corrected chi connectivity index (χ3v) is 5.40. The van der Waals surface area contributed by atoms with Gasteiger partial charge in [-0.05, 0) is 42.0 Å². The molecule has 7 heteroatoms. The number of phenolic OH excluding ortho intramolecular Hbond substituents is 1. The predicted molar refractivity (Wildman–Crippen MR) is 136 cm³/mol. The minimum atomic E-state index is -0.614. The van der Waals surface area contributed by atoms with Gasteiger partial charge in [-0.15, -0.1) is 0 Å². The van der Waals surface area contributed by atoms with Gasteiger partial charge in [-0.3, -0.25) is 4.98 Å². The molecule has 0 saturated heterocycles. The Bertz CT molecular complexity index is 1260. The zero-order valence-electron chi connectivity index (χ0n) is 19.0. The van der Waals surface area contributed by atoms with E-state index in [1.807, 2.05) is 30.3 Å². The second-order valence-electron chi connectivity index (χ2n) is 7.93. The molecule has 1 unspecified atom stereocenters. The summed E-state index contributed by atoms with van der Waals surface area (Å²) in [6.07, 6.45) is 3.43. The minimum Gasteiger partial charge on any atom is -0.508 e. The number of anilines is 1. The van der Waals surface area contributed by atoms with Crippen molar-refractivity contribution in [1.29, 1.82) is 5.41 Å². The predicted octanol–water partition coefficient (Wildman–Crippen LogP) is 5.69. The maximum atomic E-state index is 12.8. The summed E-state index contributed by atoms with van der Waals surface area (Å²) in [5.74, 6) is 0.744. The molecule has 4 aromatic rings. The number of carbonyl (C=O) groups excluding carboxylic acids is 1. The van der Waals surface area contributed by atoms with Crippen molar-refractivity contribution in [1.82, 2.24) is 10.3 Å². The fraction of sp³-hybridized carbons (Fsp3) is 0.107. The SMILES string of the molecule is N=C(CC(NC(=O)Nc1ccc(OCc2ccccc2)cc1)c1ccccc1O)c1cccnc1. The van der Waals surface area contributed by atoms with Gasteiger partial charge in [0, 0.05) is 41.3 Å². The molecule has 3 aromatic carbocycles. The van der Waals surface area contributed by atoms with E-state index in [-0.39, 0.29) is 12.2 Å². The van der Waals surface area contributed by atoms with Gasteiger partial charge in [0.2, 0.25) is 0 Å². The van der Waals surface area contributed by atoms with E-state index >= 15 is 0 Å². The van der Waals surface area contributed by atoms with Crippen molar-refractivity contribution in [3.8, 4) is 11.5 Å². The number of benzene rings is 3. The molecule has 0 radical (unpaired) electrons. The molecule has 4 N–H and O–H groups in total. The fourth-order valence-corrected chi connectivity index (χ4v) is 3.58. The van der Waals surface area contributed by atoms with Crippen molar-refractivity contribution in [3.05, 3.63) is 120 Å². The van der Waals surface area contributed by atoms with Crippen LogP contribution in [0.3, 0.4) is 0 Å². The first-order chi connectivity index (χ1) is 17.1. The Morgan fingerprint density at radius 2 is 1.69 bits per heavy atom. The smallest absolute Gasteiger partial charge is 0.319 e. The lowest BCUT2D eigenvalue weighted by atomic mass is 9.97. The summed E-state index contributed by atoms with van der Waals surface area (Å²) in [5, 5.41) is 24.5. The Labute approximate surface area is 204 Å². The van der Waals surface area contributed by atoms with Gasteiger partial charge in [-0.25, -0.2) is 4.79 Å². The van der Waals surface area contributed by atoms with Crippen LogP contribution in [-0.2, 0) is 6.61 Å². The first-order valence-corrected chi connectivity index (χ1v) is 11.2. The number of hydrogen-bond donors (Lipinski definition) is 4. The molecule has 4 rings (SSSR count). The number of carbonyl (C=O) groups is 1. The molecule has 0 spiro atoms. The van der Waals surface area contributed by atoms with E-state index in [4.69, 9.17) is 10.1 Å². The average Bonchev–Trinajstić information content (AvgIpc) is 2.89. The summed E-state index contributed by atoms with van der Waals surface area (Å²) >= 11 is 0. The molecular weight excluding hydrogens is 440 g/mol. The molecule has 0 aliphatic heterocycles. The first kappa shape index (κ1) is 23.5. The first-order valence-electron chi connectivity index (χ1n) is 11.2. The second kappa shape index (κ2) is 11.5. The number of nitrogens with zero attached hydrogens (tertiary/aromatic N) is 1. The number of ether oxygens (including phenoxy) is 1. The highest BCUT2D eigenvalue weighted by atomic mass is 16.5. The van der Waals surface area contributed by atoms with Crippen molar-refractivity contribution < 1.29 is 14.6 Å². The van der Waals surface area contributed by atoms with Crippen molar-refractivity contribution in [2.75, 3.05) is 5.32 Å². The Hall–Kier alpha value is -4.65. The molecule has 0 bridgehead atoms. The minimum absolute atomic E-state index is 0.0525. The summed E-state index contributed by atoms with van der Waals surface area (Å²) in [5.41, 5.74) is 3.14. The van der Waals surface area contributed by atoms with Gasteiger partial charge >= 0.3 is 6.03 Å². The summed E-state index contributed by atoms with van der Waals surface area (Å²) in [4.78, 5) is 16.9. The largest absolute Gasteiger partial charge is 0.508 e. The lowest BCUT2D eigenvalue weighted by Gasteiger charge is -2.21. The number of urea groups is 1. The highest BCUT2D eigenvalue weighted by molar-refractivity contribution is 5.99. The number of nitrogens with one attached hydrogen (secondary N) is 3. The van der Waals surface area contributed by atoms with Gasteiger partial charge in [0.1, 0.15) is 18.1 Å². The normalized spacial score (nSPS) is 11.3. The van der Waals surface area contributed by atoms with Crippen LogP contribution in [0.1, 0.15) is 29.2 Å². The maximum absolute atomic E-state index is 12.8. The maximum Gasteiger partial charge on any atom is 0.319 e. The van der Waals surface area contributed by atoms with Crippen LogP contribution in [0, 0.1) is 5.41 Å².